The van der Waals surface area contributed by atoms with E-state index in [1.807, 2.05) is 16.9 Å². The van der Waals surface area contributed by atoms with E-state index in [0.29, 0.717) is 25.7 Å². The average Bonchev–Trinajstić information content (AvgIpc) is 3.41. The molecule has 1 aliphatic heterocycles. The Kier molecular flexibility index (Phi) is 10.4. The fraction of sp³-hybridized carbons (Fsp3) is 0.524. The average molecular weight is 513 g/mol. The van der Waals surface area contributed by atoms with Crippen molar-refractivity contribution in [3.8, 4) is 5.69 Å². The van der Waals surface area contributed by atoms with Gasteiger partial charge in [0.1, 0.15) is 0 Å². The van der Waals surface area contributed by atoms with Gasteiger partial charge in [0.15, 0.2) is 5.96 Å². The summed E-state index contributed by atoms with van der Waals surface area (Å²) in [7, 11) is 1.70. The smallest absolute Gasteiger partial charge is 0.194 e. The first kappa shape index (κ1) is 23.6. The fourth-order valence-electron chi connectivity index (χ4n) is 3.32. The van der Waals surface area contributed by atoms with Gasteiger partial charge in [-0.25, -0.2) is 9.67 Å². The molecule has 7 nitrogen and oxygen atoms in total. The lowest BCUT2D eigenvalue weighted by Crippen LogP contribution is -2.40. The van der Waals surface area contributed by atoms with Crippen molar-refractivity contribution >= 4 is 29.9 Å². The van der Waals surface area contributed by atoms with Crippen LogP contribution in [0.5, 0.6) is 0 Å². The summed E-state index contributed by atoms with van der Waals surface area (Å²) in [6.07, 6.45) is 4.86. The monoisotopic (exact) mass is 513 g/mol. The van der Waals surface area contributed by atoms with Crippen molar-refractivity contribution in [3.05, 3.63) is 48.3 Å². The molecule has 1 N–H and O–H groups in total. The van der Waals surface area contributed by atoms with Gasteiger partial charge in [-0.15, -0.1) is 24.0 Å². The number of nitrogens with zero attached hydrogens (tertiary/aromatic N) is 4. The summed E-state index contributed by atoms with van der Waals surface area (Å²) in [6.45, 7) is 7.73. The van der Waals surface area contributed by atoms with Crippen molar-refractivity contribution in [1.29, 1.82) is 0 Å². The fourth-order valence-corrected chi connectivity index (χ4v) is 3.32. The first-order valence-corrected chi connectivity index (χ1v) is 9.99. The number of halogens is 1. The van der Waals surface area contributed by atoms with Crippen LogP contribution in [0.4, 0.5) is 0 Å². The molecule has 1 aromatic carbocycles. The Hall–Kier alpha value is -1.65. The maximum Gasteiger partial charge on any atom is 0.194 e. The van der Waals surface area contributed by atoms with Crippen molar-refractivity contribution in [2.45, 2.75) is 19.9 Å². The van der Waals surface area contributed by atoms with Crippen LogP contribution in [0.3, 0.4) is 0 Å². The van der Waals surface area contributed by atoms with Crippen LogP contribution >= 0.6 is 24.0 Å². The minimum absolute atomic E-state index is 0. The van der Waals surface area contributed by atoms with E-state index in [1.165, 1.54) is 5.56 Å². The summed E-state index contributed by atoms with van der Waals surface area (Å²) in [6, 6.07) is 10.3. The van der Waals surface area contributed by atoms with Gasteiger partial charge in [-0.2, -0.15) is 5.10 Å². The summed E-state index contributed by atoms with van der Waals surface area (Å²) >= 11 is 0. The van der Waals surface area contributed by atoms with E-state index in [2.05, 4.69) is 46.5 Å². The first-order chi connectivity index (χ1) is 13.8. The minimum atomic E-state index is 0. The molecule has 160 valence electrons. The highest BCUT2D eigenvalue weighted by Crippen LogP contribution is 2.17. The van der Waals surface area contributed by atoms with Gasteiger partial charge < -0.3 is 19.7 Å². The second kappa shape index (κ2) is 12.8. The minimum Gasteiger partial charge on any atom is -0.382 e. The Balaban J connectivity index is 0.00000300. The highest BCUT2D eigenvalue weighted by molar-refractivity contribution is 14.0. The zero-order valence-electron chi connectivity index (χ0n) is 17.3. The number of hydrogen-bond donors (Lipinski definition) is 1. The van der Waals surface area contributed by atoms with E-state index in [4.69, 9.17) is 14.5 Å². The Morgan fingerprint density at radius 1 is 1.28 bits per heavy atom. The van der Waals surface area contributed by atoms with E-state index >= 15 is 0 Å². The van der Waals surface area contributed by atoms with Gasteiger partial charge >= 0.3 is 0 Å². The van der Waals surface area contributed by atoms with Crippen LogP contribution in [0.2, 0.25) is 0 Å². The summed E-state index contributed by atoms with van der Waals surface area (Å²) in [4.78, 5) is 7.19. The van der Waals surface area contributed by atoms with Gasteiger partial charge in [0.25, 0.3) is 0 Å². The molecule has 2 heterocycles. The summed E-state index contributed by atoms with van der Waals surface area (Å²) < 4.78 is 12.6. The van der Waals surface area contributed by atoms with Gasteiger partial charge in [0.2, 0.25) is 0 Å². The molecular formula is C21H32IN5O2. The molecule has 8 heteroatoms. The highest BCUT2D eigenvalue weighted by Gasteiger charge is 2.24. The van der Waals surface area contributed by atoms with Crippen molar-refractivity contribution in [2.75, 3.05) is 46.6 Å². The normalized spacial score (nSPS) is 16.7. The molecule has 0 radical (unpaired) electrons. The Bertz CT molecular complexity index is 721. The third kappa shape index (κ3) is 7.27. The number of guanidine groups is 1. The topological polar surface area (TPSA) is 63.9 Å². The molecule has 1 fully saturated rings. The van der Waals surface area contributed by atoms with E-state index < -0.39 is 0 Å². The number of methoxy groups -OCH3 is 1. The third-order valence-electron chi connectivity index (χ3n) is 4.82. The number of nitrogens with one attached hydrogen (secondary N) is 1. The molecule has 1 unspecified atom stereocenters. The molecule has 1 aliphatic rings. The lowest BCUT2D eigenvalue weighted by Gasteiger charge is -2.21. The van der Waals surface area contributed by atoms with Gasteiger partial charge in [-0.3, -0.25) is 0 Å². The number of ether oxygens (including phenoxy) is 2. The molecule has 0 amide bonds. The number of rotatable bonds is 9. The molecule has 2 aromatic rings. The Morgan fingerprint density at radius 3 is 2.79 bits per heavy atom. The maximum absolute atomic E-state index is 5.70. The van der Waals surface area contributed by atoms with Crippen molar-refractivity contribution in [1.82, 2.24) is 20.0 Å². The number of likely N-dealkylation sites (tertiary alicyclic amines) is 1. The molecule has 1 atom stereocenters. The van der Waals surface area contributed by atoms with Crippen molar-refractivity contribution in [3.63, 3.8) is 0 Å². The molecule has 29 heavy (non-hydrogen) atoms. The molecular weight excluding hydrogens is 481 g/mol. The molecule has 1 aromatic heterocycles. The lowest BCUT2D eigenvalue weighted by atomic mass is 10.1. The second-order valence-electron chi connectivity index (χ2n) is 6.96. The summed E-state index contributed by atoms with van der Waals surface area (Å²) in [5.74, 6) is 1.53. The van der Waals surface area contributed by atoms with Gasteiger partial charge in [0.05, 0.1) is 32.1 Å². The van der Waals surface area contributed by atoms with Gasteiger partial charge in [-0.1, -0.05) is 12.1 Å². The van der Waals surface area contributed by atoms with Crippen LogP contribution in [-0.2, 0) is 16.0 Å². The number of aliphatic imine (C=N–C) groups is 1. The summed E-state index contributed by atoms with van der Waals surface area (Å²) in [5, 5.41) is 7.69. The highest BCUT2D eigenvalue weighted by atomic mass is 127. The van der Waals surface area contributed by atoms with Gasteiger partial charge in [0, 0.05) is 45.1 Å². The van der Waals surface area contributed by atoms with Crippen LogP contribution < -0.4 is 5.32 Å². The van der Waals surface area contributed by atoms with E-state index in [1.54, 1.807) is 13.3 Å². The molecule has 0 spiro atoms. The van der Waals surface area contributed by atoms with Crippen LogP contribution in [0, 0.1) is 5.92 Å². The van der Waals surface area contributed by atoms with Gasteiger partial charge in [-0.05, 0) is 37.1 Å². The van der Waals surface area contributed by atoms with E-state index in [9.17, 15) is 0 Å². The van der Waals surface area contributed by atoms with E-state index in [-0.39, 0.29) is 24.0 Å². The Labute approximate surface area is 190 Å². The maximum atomic E-state index is 5.70. The van der Waals surface area contributed by atoms with Crippen molar-refractivity contribution < 1.29 is 9.47 Å². The molecule has 1 saturated heterocycles. The van der Waals surface area contributed by atoms with Crippen LogP contribution in [0.15, 0.2) is 47.7 Å². The van der Waals surface area contributed by atoms with Crippen molar-refractivity contribution in [2.24, 2.45) is 10.9 Å². The number of aromatic nitrogens is 2. The number of hydrogen-bond acceptors (Lipinski definition) is 4. The largest absolute Gasteiger partial charge is 0.382 e. The predicted octanol–water partition coefficient (Wildman–Crippen LogP) is 2.94. The quantitative estimate of drug-likeness (QED) is 0.242. The molecule has 0 saturated carbocycles. The second-order valence-corrected chi connectivity index (χ2v) is 6.96. The lowest BCUT2D eigenvalue weighted by molar-refractivity contribution is 0.0536. The summed E-state index contributed by atoms with van der Waals surface area (Å²) in [5.41, 5.74) is 2.24. The van der Waals surface area contributed by atoms with Crippen LogP contribution in [-0.4, -0.2) is 67.2 Å². The SMILES string of the molecule is CCNC(=NCc1ccc(-n2cccn2)cc1)N1CCC(COCCOC)C1.I. The standard InChI is InChI=1S/C21H31N5O2.HI/c1-3-22-21(25-12-9-19(16-25)17-28-14-13-27-2)23-15-18-5-7-20(8-6-18)26-11-4-10-24-26;/h4-8,10-11,19H,3,9,12-17H2,1-2H3,(H,22,23);1H. The van der Waals surface area contributed by atoms with Crippen LogP contribution in [0.1, 0.15) is 18.9 Å². The molecule has 3 rings (SSSR count). The Morgan fingerprint density at radius 2 is 2.10 bits per heavy atom. The first-order valence-electron chi connectivity index (χ1n) is 9.99. The predicted molar refractivity (Wildman–Crippen MR) is 126 cm³/mol. The van der Waals surface area contributed by atoms with E-state index in [0.717, 1.165) is 44.3 Å². The molecule has 0 bridgehead atoms. The molecule has 0 aliphatic carbocycles. The number of benzene rings is 1. The third-order valence-corrected chi connectivity index (χ3v) is 4.82. The zero-order valence-corrected chi connectivity index (χ0v) is 19.6. The zero-order chi connectivity index (χ0) is 19.6. The van der Waals surface area contributed by atoms with Crippen LogP contribution in [0.25, 0.3) is 5.69 Å².